The van der Waals surface area contributed by atoms with Gasteiger partial charge in [0.25, 0.3) is 0 Å². The van der Waals surface area contributed by atoms with E-state index in [0.29, 0.717) is 23.8 Å². The highest BCUT2D eigenvalue weighted by Crippen LogP contribution is 2.36. The second kappa shape index (κ2) is 7.94. The number of nitrogens with zero attached hydrogens (tertiary/aromatic N) is 4. The number of amides is 1. The molecule has 154 valence electrons. The number of pyridine rings is 1. The fourth-order valence-electron chi connectivity index (χ4n) is 3.52. The Labute approximate surface area is 170 Å². The summed E-state index contributed by atoms with van der Waals surface area (Å²) in [5.74, 6) is 1.92. The molecule has 2 heterocycles. The zero-order valence-corrected chi connectivity index (χ0v) is 16.9. The quantitative estimate of drug-likeness (QED) is 0.696. The first kappa shape index (κ1) is 19.6. The largest absolute Gasteiger partial charge is 0.490 e. The second-order valence-corrected chi connectivity index (χ2v) is 7.85. The SMILES string of the molecule is CCNC(=O)CN(C)c1nc(-c2cc(OCC3(O)CC3)ccn2)nc2c1CCC2. The topological polar surface area (TPSA) is 100 Å². The molecular weight excluding hydrogens is 370 g/mol. The van der Waals surface area contributed by atoms with Crippen LogP contribution in [0.1, 0.15) is 37.4 Å². The number of carbonyl (C=O) groups excluding carboxylic acids is 1. The molecule has 0 aromatic carbocycles. The molecule has 0 spiro atoms. The van der Waals surface area contributed by atoms with Crippen molar-refractivity contribution in [1.82, 2.24) is 20.3 Å². The second-order valence-electron chi connectivity index (χ2n) is 7.85. The van der Waals surface area contributed by atoms with Gasteiger partial charge in [0, 0.05) is 37.1 Å². The number of rotatable bonds is 8. The summed E-state index contributed by atoms with van der Waals surface area (Å²) in [4.78, 5) is 27.8. The van der Waals surface area contributed by atoms with Crippen LogP contribution in [0.2, 0.25) is 0 Å². The van der Waals surface area contributed by atoms with Crippen LogP contribution in [-0.2, 0) is 17.6 Å². The summed E-state index contributed by atoms with van der Waals surface area (Å²) in [6.45, 7) is 3.03. The average molecular weight is 397 g/mol. The Bertz CT molecular complexity index is 913. The molecular formula is C21H27N5O3. The summed E-state index contributed by atoms with van der Waals surface area (Å²) in [7, 11) is 1.88. The van der Waals surface area contributed by atoms with Crippen molar-refractivity contribution >= 4 is 11.7 Å². The fraction of sp³-hybridized carbons (Fsp3) is 0.524. The normalized spacial score (nSPS) is 16.2. The van der Waals surface area contributed by atoms with Crippen molar-refractivity contribution in [3.8, 4) is 17.3 Å². The molecule has 0 saturated heterocycles. The lowest BCUT2D eigenvalue weighted by atomic mass is 10.2. The van der Waals surface area contributed by atoms with E-state index in [1.807, 2.05) is 18.9 Å². The lowest BCUT2D eigenvalue weighted by Crippen LogP contribution is -2.35. The van der Waals surface area contributed by atoms with Gasteiger partial charge in [-0.3, -0.25) is 9.78 Å². The summed E-state index contributed by atoms with van der Waals surface area (Å²) in [5.41, 5.74) is 2.08. The number of carbonyl (C=O) groups is 1. The minimum atomic E-state index is -0.678. The molecule has 0 bridgehead atoms. The first-order valence-corrected chi connectivity index (χ1v) is 10.2. The molecule has 8 heteroatoms. The summed E-state index contributed by atoms with van der Waals surface area (Å²) in [6.07, 6.45) is 6.07. The number of aromatic nitrogens is 3. The van der Waals surface area contributed by atoms with Gasteiger partial charge in [-0.15, -0.1) is 0 Å². The van der Waals surface area contributed by atoms with Gasteiger partial charge in [0.05, 0.1) is 12.1 Å². The predicted octanol–water partition coefficient (Wildman–Crippen LogP) is 1.50. The summed E-state index contributed by atoms with van der Waals surface area (Å²) < 4.78 is 5.74. The third-order valence-corrected chi connectivity index (χ3v) is 5.32. The van der Waals surface area contributed by atoms with Crippen LogP contribution in [0.3, 0.4) is 0 Å². The molecule has 0 radical (unpaired) electrons. The molecule has 0 atom stereocenters. The van der Waals surface area contributed by atoms with Crippen molar-refractivity contribution in [2.75, 3.05) is 31.6 Å². The van der Waals surface area contributed by atoms with Gasteiger partial charge in [-0.05, 0) is 45.1 Å². The Morgan fingerprint density at radius 1 is 1.34 bits per heavy atom. The van der Waals surface area contributed by atoms with Gasteiger partial charge >= 0.3 is 0 Å². The Kier molecular flexibility index (Phi) is 5.36. The Morgan fingerprint density at radius 3 is 2.93 bits per heavy atom. The van der Waals surface area contributed by atoms with E-state index in [0.717, 1.165) is 49.2 Å². The van der Waals surface area contributed by atoms with Gasteiger partial charge in [0.15, 0.2) is 5.82 Å². The van der Waals surface area contributed by atoms with Crippen LogP contribution in [0, 0.1) is 0 Å². The van der Waals surface area contributed by atoms with Gasteiger partial charge in [-0.25, -0.2) is 9.97 Å². The zero-order valence-electron chi connectivity index (χ0n) is 16.9. The smallest absolute Gasteiger partial charge is 0.239 e. The molecule has 1 amide bonds. The van der Waals surface area contributed by atoms with E-state index < -0.39 is 5.60 Å². The maximum absolute atomic E-state index is 12.0. The highest BCUT2D eigenvalue weighted by atomic mass is 16.5. The van der Waals surface area contributed by atoms with E-state index >= 15 is 0 Å². The Balaban J connectivity index is 1.60. The van der Waals surface area contributed by atoms with E-state index in [-0.39, 0.29) is 19.1 Å². The molecule has 2 aliphatic carbocycles. The highest BCUT2D eigenvalue weighted by Gasteiger charge is 2.41. The van der Waals surface area contributed by atoms with Crippen LogP contribution < -0.4 is 15.0 Å². The number of hydrogen-bond acceptors (Lipinski definition) is 7. The highest BCUT2D eigenvalue weighted by molar-refractivity contribution is 5.81. The van der Waals surface area contributed by atoms with Gasteiger partial charge in [-0.1, -0.05) is 0 Å². The van der Waals surface area contributed by atoms with Gasteiger partial charge in [-0.2, -0.15) is 0 Å². The van der Waals surface area contributed by atoms with E-state index in [9.17, 15) is 9.90 Å². The van der Waals surface area contributed by atoms with Crippen LogP contribution in [0.5, 0.6) is 5.75 Å². The molecule has 0 unspecified atom stereocenters. The predicted molar refractivity (Wildman–Crippen MR) is 109 cm³/mol. The van der Waals surface area contributed by atoms with Crippen LogP contribution in [0.15, 0.2) is 18.3 Å². The molecule has 1 fully saturated rings. The number of nitrogens with one attached hydrogen (secondary N) is 1. The van der Waals surface area contributed by atoms with Crippen molar-refractivity contribution < 1.29 is 14.6 Å². The molecule has 2 N–H and O–H groups in total. The molecule has 2 aromatic rings. The van der Waals surface area contributed by atoms with Gasteiger partial charge in [0.1, 0.15) is 23.9 Å². The van der Waals surface area contributed by atoms with Crippen LogP contribution in [0.25, 0.3) is 11.5 Å². The van der Waals surface area contributed by atoms with Crippen molar-refractivity contribution in [3.05, 3.63) is 29.6 Å². The number of anilines is 1. The summed E-state index contributed by atoms with van der Waals surface area (Å²) in [5, 5.41) is 12.8. The van der Waals surface area contributed by atoms with Crippen molar-refractivity contribution in [3.63, 3.8) is 0 Å². The monoisotopic (exact) mass is 397 g/mol. The van der Waals surface area contributed by atoms with E-state index in [4.69, 9.17) is 14.7 Å². The van der Waals surface area contributed by atoms with Crippen LogP contribution in [0.4, 0.5) is 5.82 Å². The summed E-state index contributed by atoms with van der Waals surface area (Å²) >= 11 is 0. The molecule has 2 aromatic heterocycles. The first-order chi connectivity index (χ1) is 14.0. The number of aryl methyl sites for hydroxylation is 1. The van der Waals surface area contributed by atoms with Crippen molar-refractivity contribution in [2.45, 2.75) is 44.6 Å². The molecule has 2 aliphatic rings. The third kappa shape index (κ3) is 4.48. The molecule has 1 saturated carbocycles. The van der Waals surface area contributed by atoms with E-state index in [1.165, 1.54) is 0 Å². The minimum absolute atomic E-state index is 0.0339. The van der Waals surface area contributed by atoms with E-state index in [2.05, 4.69) is 10.3 Å². The number of fused-ring (bicyclic) bond motifs is 1. The molecule has 4 rings (SSSR count). The van der Waals surface area contributed by atoms with E-state index in [1.54, 1.807) is 18.3 Å². The Hall–Kier alpha value is -2.74. The first-order valence-electron chi connectivity index (χ1n) is 10.2. The number of ether oxygens (including phenoxy) is 1. The fourth-order valence-corrected chi connectivity index (χ4v) is 3.52. The maximum atomic E-state index is 12.0. The number of hydrogen-bond donors (Lipinski definition) is 2. The maximum Gasteiger partial charge on any atom is 0.239 e. The number of aliphatic hydroxyl groups is 1. The molecule has 0 aliphatic heterocycles. The number of likely N-dealkylation sites (N-methyl/N-ethyl adjacent to an activating group) is 2. The molecule has 8 nitrogen and oxygen atoms in total. The lowest BCUT2D eigenvalue weighted by Gasteiger charge is -2.21. The third-order valence-electron chi connectivity index (χ3n) is 5.32. The van der Waals surface area contributed by atoms with Gasteiger partial charge < -0.3 is 20.1 Å². The van der Waals surface area contributed by atoms with Crippen molar-refractivity contribution in [1.29, 1.82) is 0 Å². The lowest BCUT2D eigenvalue weighted by molar-refractivity contribution is -0.119. The Morgan fingerprint density at radius 2 is 2.17 bits per heavy atom. The average Bonchev–Trinajstić information content (AvgIpc) is 3.25. The van der Waals surface area contributed by atoms with Crippen LogP contribution in [-0.4, -0.2) is 58.3 Å². The van der Waals surface area contributed by atoms with Gasteiger partial charge in [0.2, 0.25) is 5.91 Å². The van der Waals surface area contributed by atoms with Crippen LogP contribution >= 0.6 is 0 Å². The zero-order chi connectivity index (χ0) is 20.4. The minimum Gasteiger partial charge on any atom is -0.490 e. The van der Waals surface area contributed by atoms with Crippen molar-refractivity contribution in [2.24, 2.45) is 0 Å². The standard InChI is InChI=1S/C21H27N5O3/c1-3-22-18(27)12-26(2)20-15-5-4-6-16(15)24-19(25-20)17-11-14(7-10-23-17)29-13-21(28)8-9-21/h7,10-11,28H,3-6,8-9,12-13H2,1-2H3,(H,22,27). The molecule has 29 heavy (non-hydrogen) atoms. The summed E-state index contributed by atoms with van der Waals surface area (Å²) in [6, 6.07) is 3.57.